The summed E-state index contributed by atoms with van der Waals surface area (Å²) in [4.78, 5) is 0.278. The van der Waals surface area contributed by atoms with Crippen molar-refractivity contribution in [2.45, 2.75) is 23.8 Å². The molecule has 0 spiro atoms. The number of hydrogen-bond donors (Lipinski definition) is 1. The fraction of sp³-hybridized carbons (Fsp3) is 0.538. The number of methoxy groups -OCH3 is 1. The largest absolute Gasteiger partial charge is 0.497 e. The normalized spacial score (nSPS) is 20.5. The average molecular weight is 284 g/mol. The molecule has 0 aromatic heterocycles. The molecular formula is C13H20N2O3S. The van der Waals surface area contributed by atoms with E-state index < -0.39 is 10.0 Å². The molecule has 0 bridgehead atoms. The van der Waals surface area contributed by atoms with E-state index in [0.717, 1.165) is 19.4 Å². The minimum atomic E-state index is -3.46. The fourth-order valence-corrected chi connectivity index (χ4v) is 3.69. The average Bonchev–Trinajstić information content (AvgIpc) is 2.47. The van der Waals surface area contributed by atoms with Crippen LogP contribution in [0, 0.1) is 0 Å². The van der Waals surface area contributed by atoms with E-state index in [4.69, 9.17) is 4.74 Å². The highest BCUT2D eigenvalue weighted by atomic mass is 32.2. The molecule has 1 fully saturated rings. The summed E-state index contributed by atoms with van der Waals surface area (Å²) in [6.07, 6.45) is 1.90. The third-order valence-corrected chi connectivity index (χ3v) is 5.41. The lowest BCUT2D eigenvalue weighted by Crippen LogP contribution is -2.46. The molecule has 1 aliphatic heterocycles. The highest BCUT2D eigenvalue weighted by molar-refractivity contribution is 7.89. The topological polar surface area (TPSA) is 58.6 Å². The summed E-state index contributed by atoms with van der Waals surface area (Å²) in [5.74, 6) is 0.552. The summed E-state index contributed by atoms with van der Waals surface area (Å²) in [5, 5.41) is 3.23. The van der Waals surface area contributed by atoms with Crippen LogP contribution < -0.4 is 10.1 Å². The first-order valence-electron chi connectivity index (χ1n) is 6.38. The maximum Gasteiger partial charge on any atom is 0.243 e. The predicted octanol–water partition coefficient (Wildman–Crippen LogP) is 1.07. The van der Waals surface area contributed by atoms with E-state index in [2.05, 4.69) is 5.32 Å². The van der Waals surface area contributed by atoms with Crippen molar-refractivity contribution >= 4 is 10.0 Å². The minimum absolute atomic E-state index is 0.0185. The number of likely N-dealkylation sites (N-methyl/N-ethyl adjacent to an activating group) is 1. The van der Waals surface area contributed by atoms with Gasteiger partial charge in [0, 0.05) is 25.7 Å². The van der Waals surface area contributed by atoms with E-state index in [9.17, 15) is 8.42 Å². The molecule has 1 aromatic rings. The summed E-state index contributed by atoms with van der Waals surface area (Å²) in [7, 11) is -0.284. The molecule has 19 heavy (non-hydrogen) atoms. The van der Waals surface area contributed by atoms with Crippen LogP contribution in [0.3, 0.4) is 0 Å². The monoisotopic (exact) mass is 284 g/mol. The molecule has 0 amide bonds. The van der Waals surface area contributed by atoms with Crippen LogP contribution in [0.2, 0.25) is 0 Å². The number of sulfonamides is 1. The molecule has 2 rings (SSSR count). The Morgan fingerprint density at radius 3 is 2.84 bits per heavy atom. The number of benzene rings is 1. The van der Waals surface area contributed by atoms with E-state index in [0.29, 0.717) is 12.3 Å². The van der Waals surface area contributed by atoms with Crippen molar-refractivity contribution < 1.29 is 13.2 Å². The van der Waals surface area contributed by atoms with Crippen molar-refractivity contribution in [2.75, 3.05) is 27.2 Å². The van der Waals surface area contributed by atoms with Crippen molar-refractivity contribution in [1.29, 1.82) is 0 Å². The van der Waals surface area contributed by atoms with Crippen LogP contribution in [-0.4, -0.2) is 46.0 Å². The van der Waals surface area contributed by atoms with Gasteiger partial charge in [0.2, 0.25) is 10.0 Å². The van der Waals surface area contributed by atoms with Crippen LogP contribution in [0.25, 0.3) is 0 Å². The van der Waals surface area contributed by atoms with Gasteiger partial charge in [-0.25, -0.2) is 8.42 Å². The number of piperidine rings is 1. The molecule has 1 N–H and O–H groups in total. The lowest BCUT2D eigenvalue weighted by molar-refractivity contribution is 0.300. The Morgan fingerprint density at radius 1 is 1.42 bits per heavy atom. The van der Waals surface area contributed by atoms with Crippen molar-refractivity contribution in [3.63, 3.8) is 0 Å². The second-order valence-electron chi connectivity index (χ2n) is 4.70. The molecule has 106 valence electrons. The highest BCUT2D eigenvalue weighted by Crippen LogP contribution is 2.23. The smallest absolute Gasteiger partial charge is 0.243 e. The highest BCUT2D eigenvalue weighted by Gasteiger charge is 2.29. The Labute approximate surface area is 114 Å². The van der Waals surface area contributed by atoms with Gasteiger partial charge in [0.25, 0.3) is 0 Å². The molecule has 1 aromatic carbocycles. The van der Waals surface area contributed by atoms with E-state index >= 15 is 0 Å². The zero-order valence-electron chi connectivity index (χ0n) is 11.3. The van der Waals surface area contributed by atoms with Crippen LogP contribution >= 0.6 is 0 Å². The van der Waals surface area contributed by atoms with Crippen LogP contribution in [0.15, 0.2) is 29.2 Å². The number of nitrogens with zero attached hydrogens (tertiary/aromatic N) is 1. The summed E-state index contributed by atoms with van der Waals surface area (Å²) < 4.78 is 31.6. The first kappa shape index (κ1) is 14.3. The Bertz CT molecular complexity index is 524. The second-order valence-corrected chi connectivity index (χ2v) is 6.70. The molecule has 1 atom stereocenters. The predicted molar refractivity (Wildman–Crippen MR) is 73.8 cm³/mol. The molecule has 0 radical (unpaired) electrons. The SMILES string of the molecule is COc1cccc(S(=O)(=O)N(C)C2CCCNC2)c1. The molecule has 6 heteroatoms. The van der Waals surface area contributed by atoms with Crippen LogP contribution in [0.1, 0.15) is 12.8 Å². The molecule has 0 aliphatic carbocycles. The Balaban J connectivity index is 2.24. The Morgan fingerprint density at radius 2 is 2.21 bits per heavy atom. The van der Waals surface area contributed by atoms with Crippen LogP contribution in [0.4, 0.5) is 0 Å². The number of ether oxygens (including phenoxy) is 1. The minimum Gasteiger partial charge on any atom is -0.497 e. The van der Waals surface area contributed by atoms with Gasteiger partial charge in [-0.3, -0.25) is 0 Å². The molecule has 1 aliphatic rings. The molecule has 5 nitrogen and oxygen atoms in total. The second kappa shape index (κ2) is 5.90. The zero-order valence-corrected chi connectivity index (χ0v) is 12.1. The lowest BCUT2D eigenvalue weighted by atomic mass is 10.1. The number of hydrogen-bond acceptors (Lipinski definition) is 4. The lowest BCUT2D eigenvalue weighted by Gasteiger charge is -2.30. The standard InChI is InChI=1S/C13H20N2O3S/c1-15(11-5-4-8-14-10-11)19(16,17)13-7-3-6-12(9-13)18-2/h3,6-7,9,11,14H,4-5,8,10H2,1-2H3. The third kappa shape index (κ3) is 3.08. The van der Waals surface area contributed by atoms with Gasteiger partial charge in [-0.15, -0.1) is 0 Å². The van der Waals surface area contributed by atoms with Crippen molar-refractivity contribution in [1.82, 2.24) is 9.62 Å². The van der Waals surface area contributed by atoms with Crippen molar-refractivity contribution in [2.24, 2.45) is 0 Å². The van der Waals surface area contributed by atoms with Crippen LogP contribution in [0.5, 0.6) is 5.75 Å². The van der Waals surface area contributed by atoms with Gasteiger partial charge in [-0.2, -0.15) is 4.31 Å². The van der Waals surface area contributed by atoms with E-state index in [1.165, 1.54) is 11.4 Å². The van der Waals surface area contributed by atoms with Gasteiger partial charge in [0.15, 0.2) is 0 Å². The maximum absolute atomic E-state index is 12.5. The molecular weight excluding hydrogens is 264 g/mol. The Kier molecular flexibility index (Phi) is 4.44. The van der Waals surface area contributed by atoms with E-state index in [-0.39, 0.29) is 10.9 Å². The fourth-order valence-electron chi connectivity index (χ4n) is 2.27. The molecule has 1 unspecified atom stereocenters. The zero-order chi connectivity index (χ0) is 13.9. The molecule has 1 saturated heterocycles. The quantitative estimate of drug-likeness (QED) is 0.898. The van der Waals surface area contributed by atoms with Gasteiger partial charge in [0.1, 0.15) is 5.75 Å². The maximum atomic E-state index is 12.5. The van der Waals surface area contributed by atoms with Crippen molar-refractivity contribution in [3.8, 4) is 5.75 Å². The number of rotatable bonds is 4. The summed E-state index contributed by atoms with van der Waals surface area (Å²) in [5.41, 5.74) is 0. The Hall–Kier alpha value is -1.11. The van der Waals surface area contributed by atoms with Crippen LogP contribution in [-0.2, 0) is 10.0 Å². The molecule has 0 saturated carbocycles. The van der Waals surface area contributed by atoms with Gasteiger partial charge in [-0.1, -0.05) is 6.07 Å². The van der Waals surface area contributed by atoms with Gasteiger partial charge in [-0.05, 0) is 31.5 Å². The van der Waals surface area contributed by atoms with E-state index in [1.807, 2.05) is 0 Å². The summed E-state index contributed by atoms with van der Waals surface area (Å²) in [6.45, 7) is 1.67. The van der Waals surface area contributed by atoms with Gasteiger partial charge >= 0.3 is 0 Å². The number of nitrogens with one attached hydrogen (secondary N) is 1. The molecule has 1 heterocycles. The van der Waals surface area contributed by atoms with Gasteiger partial charge in [0.05, 0.1) is 12.0 Å². The third-order valence-electron chi connectivity index (χ3n) is 3.50. The first-order chi connectivity index (χ1) is 9.05. The van der Waals surface area contributed by atoms with E-state index in [1.54, 1.807) is 31.3 Å². The van der Waals surface area contributed by atoms with Crippen molar-refractivity contribution in [3.05, 3.63) is 24.3 Å². The summed E-state index contributed by atoms with van der Waals surface area (Å²) in [6, 6.07) is 6.61. The first-order valence-corrected chi connectivity index (χ1v) is 7.82. The summed E-state index contributed by atoms with van der Waals surface area (Å²) >= 11 is 0. The van der Waals surface area contributed by atoms with Gasteiger partial charge < -0.3 is 10.1 Å².